The van der Waals surface area contributed by atoms with E-state index in [2.05, 4.69) is 9.97 Å². The first-order valence-electron chi connectivity index (χ1n) is 6.64. The molecule has 0 radical (unpaired) electrons. The maximum Gasteiger partial charge on any atom is 0.328 e. The fourth-order valence-electron chi connectivity index (χ4n) is 2.26. The highest BCUT2D eigenvalue weighted by atomic mass is 35.5. The summed E-state index contributed by atoms with van der Waals surface area (Å²) in [7, 11) is 0. The number of benzene rings is 2. The molecule has 22 heavy (non-hydrogen) atoms. The van der Waals surface area contributed by atoms with Crippen LogP contribution in [0.15, 0.2) is 54.6 Å². The molecule has 1 heterocycles. The number of H-pyrrole nitrogens is 1. The van der Waals surface area contributed by atoms with Gasteiger partial charge in [0.05, 0.1) is 11.0 Å². The number of aromatic amines is 1. The highest BCUT2D eigenvalue weighted by Crippen LogP contribution is 2.15. The Morgan fingerprint density at radius 3 is 2.77 bits per heavy atom. The number of para-hydroxylation sites is 2. The van der Waals surface area contributed by atoms with Crippen LogP contribution in [0.2, 0.25) is 0 Å². The van der Waals surface area contributed by atoms with Gasteiger partial charge in [-0.3, -0.25) is 0 Å². The minimum Gasteiger partial charge on any atom is -0.478 e. The van der Waals surface area contributed by atoms with Crippen molar-refractivity contribution in [2.45, 2.75) is 6.42 Å². The van der Waals surface area contributed by atoms with Crippen LogP contribution in [0.1, 0.15) is 17.0 Å². The van der Waals surface area contributed by atoms with Crippen molar-refractivity contribution >= 4 is 35.5 Å². The van der Waals surface area contributed by atoms with Gasteiger partial charge in [0.15, 0.2) is 0 Å². The summed E-state index contributed by atoms with van der Waals surface area (Å²) in [4.78, 5) is 18.4. The minimum absolute atomic E-state index is 0. The van der Waals surface area contributed by atoms with Gasteiger partial charge in [-0.15, -0.1) is 12.4 Å². The van der Waals surface area contributed by atoms with E-state index >= 15 is 0 Å². The molecule has 5 heteroatoms. The Bertz CT molecular complexity index is 791. The SMILES string of the molecule is Cl.O=C(O)/C=C/c1cccc(Cc2nc3ccccc3[nH]2)c1. The third-order valence-corrected chi connectivity index (χ3v) is 3.18. The van der Waals surface area contributed by atoms with Gasteiger partial charge in [-0.25, -0.2) is 9.78 Å². The second-order valence-corrected chi connectivity index (χ2v) is 4.79. The Morgan fingerprint density at radius 2 is 2.00 bits per heavy atom. The summed E-state index contributed by atoms with van der Waals surface area (Å²) in [6.07, 6.45) is 3.41. The van der Waals surface area contributed by atoms with Crippen molar-refractivity contribution in [3.8, 4) is 0 Å². The standard InChI is InChI=1S/C17H14N2O2.ClH/c20-17(21)9-8-12-4-3-5-13(10-12)11-16-18-14-6-1-2-7-15(14)19-16;/h1-10H,11H2,(H,18,19)(H,20,21);1H/b9-8+;. The second kappa shape index (κ2) is 6.91. The van der Waals surface area contributed by atoms with Gasteiger partial charge in [-0.2, -0.15) is 0 Å². The van der Waals surface area contributed by atoms with Gasteiger partial charge in [0.25, 0.3) is 0 Å². The quantitative estimate of drug-likeness (QED) is 0.722. The number of nitrogens with one attached hydrogen (secondary N) is 1. The molecule has 3 aromatic rings. The van der Waals surface area contributed by atoms with E-state index in [4.69, 9.17) is 5.11 Å². The molecule has 2 aromatic carbocycles. The Hall–Kier alpha value is -2.59. The average Bonchev–Trinajstić information content (AvgIpc) is 2.87. The number of aromatic nitrogens is 2. The number of hydrogen-bond donors (Lipinski definition) is 2. The number of fused-ring (bicyclic) bond motifs is 1. The fraction of sp³-hybridized carbons (Fsp3) is 0.0588. The molecule has 0 aliphatic heterocycles. The van der Waals surface area contributed by atoms with Gasteiger partial charge in [-0.1, -0.05) is 36.4 Å². The Morgan fingerprint density at radius 1 is 1.18 bits per heavy atom. The van der Waals surface area contributed by atoms with Crippen LogP contribution in [0.5, 0.6) is 0 Å². The zero-order valence-electron chi connectivity index (χ0n) is 11.7. The van der Waals surface area contributed by atoms with Crippen LogP contribution in [0.4, 0.5) is 0 Å². The molecule has 0 aliphatic rings. The van der Waals surface area contributed by atoms with Crippen LogP contribution in [0.25, 0.3) is 17.1 Å². The van der Waals surface area contributed by atoms with Gasteiger partial charge >= 0.3 is 5.97 Å². The molecule has 4 nitrogen and oxygen atoms in total. The van der Waals surface area contributed by atoms with E-state index in [0.717, 1.165) is 34.1 Å². The van der Waals surface area contributed by atoms with Crippen LogP contribution in [0, 0.1) is 0 Å². The lowest BCUT2D eigenvalue weighted by atomic mass is 10.1. The molecule has 0 unspecified atom stereocenters. The van der Waals surface area contributed by atoms with Gasteiger partial charge < -0.3 is 10.1 Å². The zero-order chi connectivity index (χ0) is 14.7. The Kier molecular flexibility index (Phi) is 4.96. The number of aliphatic carboxylic acids is 1. The summed E-state index contributed by atoms with van der Waals surface area (Å²) in [6.45, 7) is 0. The minimum atomic E-state index is -0.947. The summed E-state index contributed by atoms with van der Waals surface area (Å²) >= 11 is 0. The summed E-state index contributed by atoms with van der Waals surface area (Å²) in [5.74, 6) is -0.0479. The number of carboxylic acids is 1. The molecule has 1 aromatic heterocycles. The van der Waals surface area contributed by atoms with Crippen LogP contribution in [-0.2, 0) is 11.2 Å². The van der Waals surface area contributed by atoms with E-state index in [1.54, 1.807) is 6.08 Å². The molecule has 0 aliphatic carbocycles. The maximum atomic E-state index is 10.5. The molecule has 112 valence electrons. The van der Waals surface area contributed by atoms with Crippen LogP contribution < -0.4 is 0 Å². The Labute approximate surface area is 133 Å². The predicted molar refractivity (Wildman–Crippen MR) is 89.3 cm³/mol. The lowest BCUT2D eigenvalue weighted by Gasteiger charge is -2.00. The van der Waals surface area contributed by atoms with Gasteiger partial charge in [0.2, 0.25) is 0 Å². The van der Waals surface area contributed by atoms with E-state index in [0.29, 0.717) is 6.42 Å². The molecule has 0 spiro atoms. The summed E-state index contributed by atoms with van der Waals surface area (Å²) in [6, 6.07) is 15.7. The lowest BCUT2D eigenvalue weighted by molar-refractivity contribution is -0.131. The number of carbonyl (C=O) groups is 1. The summed E-state index contributed by atoms with van der Waals surface area (Å²) < 4.78 is 0. The molecule has 3 rings (SSSR count). The third-order valence-electron chi connectivity index (χ3n) is 3.18. The Balaban J connectivity index is 0.00000176. The monoisotopic (exact) mass is 314 g/mol. The highest BCUT2D eigenvalue weighted by molar-refractivity contribution is 5.85. The van der Waals surface area contributed by atoms with Crippen LogP contribution in [0.3, 0.4) is 0 Å². The van der Waals surface area contributed by atoms with Gasteiger partial charge in [-0.05, 0) is 29.3 Å². The van der Waals surface area contributed by atoms with E-state index < -0.39 is 5.97 Å². The average molecular weight is 315 g/mol. The molecular formula is C17H15ClN2O2. The first-order chi connectivity index (χ1) is 10.2. The van der Waals surface area contributed by atoms with Crippen LogP contribution in [-0.4, -0.2) is 21.0 Å². The number of rotatable bonds is 4. The zero-order valence-corrected chi connectivity index (χ0v) is 12.5. The molecule has 0 amide bonds. The maximum absolute atomic E-state index is 10.5. The number of hydrogen-bond acceptors (Lipinski definition) is 2. The topological polar surface area (TPSA) is 66.0 Å². The largest absolute Gasteiger partial charge is 0.478 e. The molecule has 2 N–H and O–H groups in total. The number of nitrogens with zero attached hydrogens (tertiary/aromatic N) is 1. The first-order valence-corrected chi connectivity index (χ1v) is 6.64. The first kappa shape index (κ1) is 15.8. The number of carboxylic acid groups (broad SMARTS) is 1. The van der Waals surface area contributed by atoms with Crippen molar-refractivity contribution < 1.29 is 9.90 Å². The number of imidazole rings is 1. The van der Waals surface area contributed by atoms with Crippen molar-refractivity contribution in [2.75, 3.05) is 0 Å². The summed E-state index contributed by atoms with van der Waals surface area (Å²) in [5.41, 5.74) is 3.93. The fourth-order valence-corrected chi connectivity index (χ4v) is 2.26. The summed E-state index contributed by atoms with van der Waals surface area (Å²) in [5, 5.41) is 8.66. The van der Waals surface area contributed by atoms with E-state index in [-0.39, 0.29) is 12.4 Å². The lowest BCUT2D eigenvalue weighted by Crippen LogP contribution is -1.91. The molecule has 0 bridgehead atoms. The van der Waals surface area contributed by atoms with Crippen LogP contribution >= 0.6 is 12.4 Å². The normalized spacial score (nSPS) is 10.7. The molecule has 0 saturated heterocycles. The smallest absolute Gasteiger partial charge is 0.328 e. The van der Waals surface area contributed by atoms with Gasteiger partial charge in [0.1, 0.15) is 5.82 Å². The van der Waals surface area contributed by atoms with Crippen molar-refractivity contribution in [3.05, 3.63) is 71.6 Å². The molecule has 0 atom stereocenters. The van der Waals surface area contributed by atoms with Gasteiger partial charge in [0, 0.05) is 12.5 Å². The van der Waals surface area contributed by atoms with Crippen molar-refractivity contribution in [1.82, 2.24) is 9.97 Å². The third kappa shape index (κ3) is 3.74. The highest BCUT2D eigenvalue weighted by Gasteiger charge is 2.03. The van der Waals surface area contributed by atoms with Crippen molar-refractivity contribution in [3.63, 3.8) is 0 Å². The molecular weight excluding hydrogens is 300 g/mol. The predicted octanol–water partition coefficient (Wildman–Crippen LogP) is 3.67. The van der Waals surface area contributed by atoms with E-state index in [1.807, 2.05) is 48.5 Å². The molecule has 0 saturated carbocycles. The second-order valence-electron chi connectivity index (χ2n) is 4.79. The van der Waals surface area contributed by atoms with E-state index in [1.165, 1.54) is 0 Å². The molecule has 0 fully saturated rings. The van der Waals surface area contributed by atoms with Crippen molar-refractivity contribution in [1.29, 1.82) is 0 Å². The van der Waals surface area contributed by atoms with E-state index in [9.17, 15) is 4.79 Å². The van der Waals surface area contributed by atoms with Crippen molar-refractivity contribution in [2.24, 2.45) is 0 Å². The number of halogens is 1.